The van der Waals surface area contributed by atoms with Crippen LogP contribution in [0.3, 0.4) is 0 Å². The molecule has 0 radical (unpaired) electrons. The van der Waals surface area contributed by atoms with Crippen LogP contribution in [0.15, 0.2) is 73.1 Å². The normalized spacial score (nSPS) is 15.5. The van der Waals surface area contributed by atoms with E-state index in [1.54, 1.807) is 30.6 Å². The SMILES string of the molecule is CC(C)(C)OC(=O)c1ccn(C(=O)N2CCN(Cc3ccc(Cl)cc3)CC2)n1.O=C(O)c1ccn(C(=O)N2CCN(Cc3ccc(Cl)cc3)CC2)n1. The van der Waals surface area contributed by atoms with Crippen molar-refractivity contribution in [2.24, 2.45) is 0 Å². The van der Waals surface area contributed by atoms with E-state index in [1.165, 1.54) is 40.3 Å². The Labute approximate surface area is 312 Å². The van der Waals surface area contributed by atoms with Gasteiger partial charge in [0, 0.05) is 87.9 Å². The van der Waals surface area contributed by atoms with E-state index in [9.17, 15) is 19.2 Å². The molecule has 52 heavy (non-hydrogen) atoms. The first kappa shape index (κ1) is 38.5. The van der Waals surface area contributed by atoms with Crippen LogP contribution in [0.25, 0.3) is 0 Å². The quantitative estimate of drug-likeness (QED) is 0.258. The number of carbonyl (C=O) groups excluding carboxylic acids is 3. The molecule has 276 valence electrons. The van der Waals surface area contributed by atoms with Gasteiger partial charge in [0.25, 0.3) is 0 Å². The number of nitrogens with zero attached hydrogens (tertiary/aromatic N) is 8. The number of carboxylic acid groups (broad SMARTS) is 1. The van der Waals surface area contributed by atoms with Crippen LogP contribution in [0.2, 0.25) is 10.0 Å². The number of piperazine rings is 2. The topological polar surface area (TPSA) is 146 Å². The van der Waals surface area contributed by atoms with Crippen LogP contribution in [0.4, 0.5) is 9.59 Å². The van der Waals surface area contributed by atoms with E-state index in [0.717, 1.165) is 49.0 Å². The van der Waals surface area contributed by atoms with E-state index in [0.29, 0.717) is 31.2 Å². The van der Waals surface area contributed by atoms with E-state index >= 15 is 0 Å². The summed E-state index contributed by atoms with van der Waals surface area (Å²) in [5.41, 5.74) is 1.76. The maximum atomic E-state index is 12.7. The van der Waals surface area contributed by atoms with Gasteiger partial charge in [-0.1, -0.05) is 47.5 Å². The largest absolute Gasteiger partial charge is 0.476 e. The number of esters is 1. The predicted octanol–water partition coefficient (Wildman–Crippen LogP) is 5.30. The first-order valence-corrected chi connectivity index (χ1v) is 17.6. The summed E-state index contributed by atoms with van der Waals surface area (Å²) in [6, 6.07) is 17.8. The molecule has 2 aliphatic rings. The molecular weight excluding hydrogens is 711 g/mol. The highest BCUT2D eigenvalue weighted by molar-refractivity contribution is 6.30. The van der Waals surface area contributed by atoms with Crippen molar-refractivity contribution in [3.8, 4) is 0 Å². The van der Waals surface area contributed by atoms with E-state index in [2.05, 4.69) is 20.0 Å². The van der Waals surface area contributed by atoms with E-state index < -0.39 is 17.5 Å². The molecule has 4 heterocycles. The number of amides is 2. The highest BCUT2D eigenvalue weighted by atomic mass is 35.5. The summed E-state index contributed by atoms with van der Waals surface area (Å²) in [4.78, 5) is 55.9. The molecular formula is C36H42Cl2N8O6. The fourth-order valence-corrected chi connectivity index (χ4v) is 5.85. The van der Waals surface area contributed by atoms with Gasteiger partial charge in [0.15, 0.2) is 11.4 Å². The highest BCUT2D eigenvalue weighted by Crippen LogP contribution is 2.16. The zero-order valence-corrected chi connectivity index (χ0v) is 30.8. The van der Waals surface area contributed by atoms with Crippen molar-refractivity contribution < 1.29 is 29.0 Å². The minimum atomic E-state index is -1.14. The summed E-state index contributed by atoms with van der Waals surface area (Å²) < 4.78 is 7.57. The zero-order valence-electron chi connectivity index (χ0n) is 29.3. The molecule has 0 aliphatic carbocycles. The van der Waals surface area contributed by atoms with Gasteiger partial charge in [-0.2, -0.15) is 19.6 Å². The molecule has 16 heteroatoms. The molecule has 4 aromatic rings. The van der Waals surface area contributed by atoms with Gasteiger partial charge >= 0.3 is 24.0 Å². The Kier molecular flexibility index (Phi) is 12.7. The lowest BCUT2D eigenvalue weighted by Gasteiger charge is -2.34. The number of ether oxygens (including phenoxy) is 1. The third-order valence-electron chi connectivity index (χ3n) is 8.32. The third-order valence-corrected chi connectivity index (χ3v) is 8.83. The second kappa shape index (κ2) is 17.2. The van der Waals surface area contributed by atoms with Crippen molar-refractivity contribution in [3.63, 3.8) is 0 Å². The van der Waals surface area contributed by atoms with Crippen molar-refractivity contribution in [1.82, 2.24) is 39.2 Å². The molecule has 0 atom stereocenters. The molecule has 0 saturated carbocycles. The van der Waals surface area contributed by atoms with Gasteiger partial charge in [-0.05, 0) is 68.3 Å². The summed E-state index contributed by atoms with van der Waals surface area (Å²) in [5.74, 6) is -1.68. The molecule has 2 amide bonds. The van der Waals surface area contributed by atoms with Crippen LogP contribution in [0.5, 0.6) is 0 Å². The van der Waals surface area contributed by atoms with Crippen LogP contribution < -0.4 is 0 Å². The lowest BCUT2D eigenvalue weighted by atomic mass is 10.2. The summed E-state index contributed by atoms with van der Waals surface area (Å²) in [6.07, 6.45) is 2.88. The number of carbonyl (C=O) groups is 4. The van der Waals surface area contributed by atoms with Crippen molar-refractivity contribution in [1.29, 1.82) is 0 Å². The van der Waals surface area contributed by atoms with Gasteiger partial charge in [0.1, 0.15) is 5.60 Å². The summed E-state index contributed by atoms with van der Waals surface area (Å²) >= 11 is 11.8. The molecule has 2 saturated heterocycles. The number of hydrogen-bond acceptors (Lipinski definition) is 9. The number of hydrogen-bond donors (Lipinski definition) is 1. The Bertz CT molecular complexity index is 1840. The molecule has 2 aromatic heterocycles. The minimum absolute atomic E-state index is 0.129. The number of halogens is 2. The maximum Gasteiger partial charge on any atom is 0.359 e. The Morgan fingerprint density at radius 2 is 1.02 bits per heavy atom. The number of benzene rings is 2. The Hall–Kier alpha value is -4.76. The van der Waals surface area contributed by atoms with Crippen LogP contribution in [-0.2, 0) is 17.8 Å². The fraction of sp³-hybridized carbons (Fsp3) is 0.389. The number of aromatic carboxylic acids is 1. The average Bonchev–Trinajstić information content (AvgIpc) is 3.82. The standard InChI is InChI=1S/C20H25ClN4O3.C16H17ClN4O3/c1-20(2,3)28-18(26)17-8-9-25(22-17)19(27)24-12-10-23(11-13-24)14-15-4-6-16(21)7-5-15;17-13-3-1-12(2-4-13)11-19-7-9-20(10-8-19)16(24)21-6-5-14(18-21)15(22)23/h4-9H,10-14H2,1-3H3;1-6H,7-11H2,(H,22,23). The molecule has 0 unspecified atom stereocenters. The number of carboxylic acids is 1. The first-order valence-electron chi connectivity index (χ1n) is 16.8. The Balaban J connectivity index is 0.000000203. The molecule has 2 aromatic carbocycles. The van der Waals surface area contributed by atoms with Crippen molar-refractivity contribution >= 4 is 47.2 Å². The summed E-state index contributed by atoms with van der Waals surface area (Å²) in [5, 5.41) is 18.2. The zero-order chi connectivity index (χ0) is 37.4. The number of aromatic nitrogens is 4. The van der Waals surface area contributed by atoms with Crippen LogP contribution in [0, 0.1) is 0 Å². The monoisotopic (exact) mass is 752 g/mol. The second-order valence-corrected chi connectivity index (χ2v) is 14.3. The van der Waals surface area contributed by atoms with E-state index in [-0.39, 0.29) is 23.5 Å². The Morgan fingerprint density at radius 1 is 0.635 bits per heavy atom. The van der Waals surface area contributed by atoms with Gasteiger partial charge in [0.05, 0.1) is 0 Å². The molecule has 2 aliphatic heterocycles. The molecule has 6 rings (SSSR count). The summed E-state index contributed by atoms with van der Waals surface area (Å²) in [7, 11) is 0. The van der Waals surface area contributed by atoms with E-state index in [4.69, 9.17) is 33.0 Å². The molecule has 14 nitrogen and oxygen atoms in total. The third kappa shape index (κ3) is 10.9. The van der Waals surface area contributed by atoms with Crippen molar-refractivity contribution in [2.75, 3.05) is 52.4 Å². The molecule has 0 bridgehead atoms. The van der Waals surface area contributed by atoms with Gasteiger partial charge < -0.3 is 19.6 Å². The van der Waals surface area contributed by atoms with Gasteiger partial charge in [-0.15, -0.1) is 0 Å². The fourth-order valence-electron chi connectivity index (χ4n) is 5.59. The van der Waals surface area contributed by atoms with Crippen LogP contribution in [-0.4, -0.2) is 126 Å². The smallest absolute Gasteiger partial charge is 0.359 e. The minimum Gasteiger partial charge on any atom is -0.476 e. The maximum absolute atomic E-state index is 12.7. The first-order chi connectivity index (χ1) is 24.7. The van der Waals surface area contributed by atoms with Crippen molar-refractivity contribution in [2.45, 2.75) is 39.5 Å². The predicted molar refractivity (Wildman–Crippen MR) is 195 cm³/mol. The van der Waals surface area contributed by atoms with Gasteiger partial charge in [-0.3, -0.25) is 9.80 Å². The molecule has 0 spiro atoms. The lowest BCUT2D eigenvalue weighted by molar-refractivity contribution is 0.00620. The number of rotatable bonds is 6. The Morgan fingerprint density at radius 3 is 1.38 bits per heavy atom. The summed E-state index contributed by atoms with van der Waals surface area (Å²) in [6.45, 7) is 12.4. The van der Waals surface area contributed by atoms with Gasteiger partial charge in [-0.25, -0.2) is 19.2 Å². The molecule has 2 fully saturated rings. The average molecular weight is 754 g/mol. The van der Waals surface area contributed by atoms with E-state index in [1.807, 2.05) is 48.5 Å². The van der Waals surface area contributed by atoms with Crippen LogP contribution in [0.1, 0.15) is 52.9 Å². The van der Waals surface area contributed by atoms with Crippen molar-refractivity contribution in [3.05, 3.63) is 106 Å². The highest BCUT2D eigenvalue weighted by Gasteiger charge is 2.26. The van der Waals surface area contributed by atoms with Crippen LogP contribution >= 0.6 is 23.2 Å². The van der Waals surface area contributed by atoms with Gasteiger partial charge in [0.2, 0.25) is 0 Å². The lowest BCUT2D eigenvalue weighted by Crippen LogP contribution is -2.49. The molecule has 1 N–H and O–H groups in total. The second-order valence-electron chi connectivity index (χ2n) is 13.4.